The van der Waals surface area contributed by atoms with Crippen molar-refractivity contribution in [3.63, 3.8) is 0 Å². The number of hydrogen-bond acceptors (Lipinski definition) is 8. The van der Waals surface area contributed by atoms with Crippen LogP contribution in [0.5, 0.6) is 0 Å². The quantitative estimate of drug-likeness (QED) is 0.696. The maximum atomic E-state index is 10.5. The number of pyridine rings is 1. The summed E-state index contributed by atoms with van der Waals surface area (Å²) in [4.78, 5) is 16.9. The third-order valence-electron chi connectivity index (χ3n) is 4.77. The van der Waals surface area contributed by atoms with Crippen LogP contribution in [0.15, 0.2) is 24.5 Å². The van der Waals surface area contributed by atoms with Gasteiger partial charge in [0, 0.05) is 35.9 Å². The predicted molar refractivity (Wildman–Crippen MR) is 110 cm³/mol. The van der Waals surface area contributed by atoms with Crippen molar-refractivity contribution in [2.24, 2.45) is 0 Å². The molecular weight excluding hydrogens is 376 g/mol. The highest BCUT2D eigenvalue weighted by Crippen LogP contribution is 2.38. The Kier molecular flexibility index (Phi) is 5.05. The Balaban J connectivity index is 1.89. The molecule has 4 rings (SSSR count). The van der Waals surface area contributed by atoms with Crippen molar-refractivity contribution in [2.75, 3.05) is 31.2 Å². The monoisotopic (exact) mass is 400 g/mol. The Morgan fingerprint density at radius 3 is 2.61 bits per heavy atom. The van der Waals surface area contributed by atoms with Gasteiger partial charge < -0.3 is 19.8 Å². The molecule has 148 valence electrons. The third kappa shape index (κ3) is 3.73. The highest BCUT2D eigenvalue weighted by molar-refractivity contribution is 7.19. The SMILES string of the molecule is CC(O)c1cncc(-c2nc(N3CCOCC3)c3sc(C(C)(C)O)cc3n2)c1. The molecule has 0 spiro atoms. The molecule has 3 aromatic heterocycles. The highest BCUT2D eigenvalue weighted by atomic mass is 32.1. The number of fused-ring (bicyclic) bond motifs is 1. The molecule has 28 heavy (non-hydrogen) atoms. The zero-order valence-corrected chi connectivity index (χ0v) is 17.0. The van der Waals surface area contributed by atoms with Gasteiger partial charge in [0.15, 0.2) is 11.6 Å². The Morgan fingerprint density at radius 1 is 1.18 bits per heavy atom. The van der Waals surface area contributed by atoms with Crippen molar-refractivity contribution >= 4 is 27.4 Å². The van der Waals surface area contributed by atoms with E-state index in [1.165, 1.54) is 11.3 Å². The van der Waals surface area contributed by atoms with E-state index >= 15 is 0 Å². The summed E-state index contributed by atoms with van der Waals surface area (Å²) in [5, 5.41) is 20.4. The van der Waals surface area contributed by atoms with Crippen LogP contribution in [0.2, 0.25) is 0 Å². The van der Waals surface area contributed by atoms with Gasteiger partial charge in [-0.1, -0.05) is 0 Å². The summed E-state index contributed by atoms with van der Waals surface area (Å²) in [5.41, 5.74) is 1.33. The van der Waals surface area contributed by atoms with Crippen LogP contribution in [-0.2, 0) is 10.3 Å². The first-order valence-electron chi connectivity index (χ1n) is 9.33. The summed E-state index contributed by atoms with van der Waals surface area (Å²) >= 11 is 1.52. The van der Waals surface area contributed by atoms with E-state index in [2.05, 4.69) is 9.88 Å². The van der Waals surface area contributed by atoms with Crippen LogP contribution < -0.4 is 4.90 Å². The number of ether oxygens (including phenoxy) is 1. The molecular formula is C20H24N4O3S. The molecule has 0 aromatic carbocycles. The minimum Gasteiger partial charge on any atom is -0.389 e. The Labute approximate surface area is 167 Å². The average molecular weight is 401 g/mol. The molecule has 0 radical (unpaired) electrons. The summed E-state index contributed by atoms with van der Waals surface area (Å²) in [6.45, 7) is 8.08. The standard InChI is InChI=1S/C20H24N4O3S/c1-12(25)13-8-14(11-21-10-13)18-22-15-9-16(20(2,3)26)28-17(15)19(23-18)24-4-6-27-7-5-24/h8-12,25-26H,4-7H2,1-3H3. The normalized spacial score (nSPS) is 16.5. The van der Waals surface area contributed by atoms with Gasteiger partial charge in [0.1, 0.15) is 0 Å². The van der Waals surface area contributed by atoms with Gasteiger partial charge >= 0.3 is 0 Å². The number of thiophene rings is 1. The van der Waals surface area contributed by atoms with Crippen LogP contribution in [-0.4, -0.2) is 51.5 Å². The van der Waals surface area contributed by atoms with Crippen LogP contribution in [0.4, 0.5) is 5.82 Å². The molecule has 0 saturated carbocycles. The number of aromatic nitrogens is 3. The zero-order valence-electron chi connectivity index (χ0n) is 16.2. The molecule has 8 heteroatoms. The second-order valence-electron chi connectivity index (χ2n) is 7.54. The largest absolute Gasteiger partial charge is 0.389 e. The summed E-state index contributed by atoms with van der Waals surface area (Å²) in [6.07, 6.45) is 2.74. The van der Waals surface area contributed by atoms with E-state index < -0.39 is 11.7 Å². The second kappa shape index (κ2) is 7.36. The van der Waals surface area contributed by atoms with E-state index in [-0.39, 0.29) is 0 Å². The molecule has 1 aliphatic rings. The van der Waals surface area contributed by atoms with Gasteiger partial charge in [-0.25, -0.2) is 9.97 Å². The average Bonchev–Trinajstić information content (AvgIpc) is 3.13. The number of nitrogens with zero attached hydrogens (tertiary/aromatic N) is 4. The molecule has 0 aliphatic carbocycles. The third-order valence-corrected chi connectivity index (χ3v) is 6.20. The lowest BCUT2D eigenvalue weighted by molar-refractivity contribution is 0.0826. The summed E-state index contributed by atoms with van der Waals surface area (Å²) in [5.74, 6) is 1.41. The Morgan fingerprint density at radius 2 is 1.93 bits per heavy atom. The van der Waals surface area contributed by atoms with E-state index in [9.17, 15) is 10.2 Å². The maximum absolute atomic E-state index is 10.5. The van der Waals surface area contributed by atoms with E-state index in [0.29, 0.717) is 19.0 Å². The van der Waals surface area contributed by atoms with Crippen molar-refractivity contribution in [3.05, 3.63) is 35.0 Å². The summed E-state index contributed by atoms with van der Waals surface area (Å²) < 4.78 is 6.45. The minimum atomic E-state index is -0.943. The van der Waals surface area contributed by atoms with E-state index in [1.54, 1.807) is 33.2 Å². The molecule has 0 bridgehead atoms. The van der Waals surface area contributed by atoms with Crippen LogP contribution in [0.3, 0.4) is 0 Å². The van der Waals surface area contributed by atoms with Gasteiger partial charge in [0.25, 0.3) is 0 Å². The molecule has 7 nitrogen and oxygen atoms in total. The van der Waals surface area contributed by atoms with Crippen molar-refractivity contribution in [3.8, 4) is 11.4 Å². The number of aliphatic hydroxyl groups excluding tert-OH is 1. The number of hydrogen-bond donors (Lipinski definition) is 2. The highest BCUT2D eigenvalue weighted by Gasteiger charge is 2.24. The van der Waals surface area contributed by atoms with Crippen LogP contribution in [0, 0.1) is 0 Å². The number of rotatable bonds is 4. The minimum absolute atomic E-state index is 0.559. The van der Waals surface area contributed by atoms with Gasteiger partial charge in [-0.05, 0) is 38.5 Å². The fourth-order valence-corrected chi connectivity index (χ4v) is 4.26. The first kappa shape index (κ1) is 19.2. The summed E-state index contributed by atoms with van der Waals surface area (Å²) in [7, 11) is 0. The fourth-order valence-electron chi connectivity index (χ4n) is 3.14. The summed E-state index contributed by atoms with van der Waals surface area (Å²) in [6, 6.07) is 3.80. The van der Waals surface area contributed by atoms with Crippen LogP contribution in [0.1, 0.15) is 37.3 Å². The lowest BCUT2D eigenvalue weighted by Gasteiger charge is -2.28. The van der Waals surface area contributed by atoms with Gasteiger partial charge in [-0.15, -0.1) is 11.3 Å². The molecule has 1 atom stereocenters. The van der Waals surface area contributed by atoms with Crippen molar-refractivity contribution in [1.82, 2.24) is 15.0 Å². The molecule has 1 aliphatic heterocycles. The fraction of sp³-hybridized carbons (Fsp3) is 0.450. The van der Waals surface area contributed by atoms with E-state index in [1.807, 2.05) is 12.1 Å². The predicted octanol–water partition coefficient (Wildman–Crippen LogP) is 2.87. The molecule has 1 saturated heterocycles. The van der Waals surface area contributed by atoms with Crippen molar-refractivity contribution < 1.29 is 14.9 Å². The topological polar surface area (TPSA) is 91.6 Å². The van der Waals surface area contributed by atoms with Crippen LogP contribution in [0.25, 0.3) is 21.6 Å². The molecule has 3 aromatic rings. The van der Waals surface area contributed by atoms with E-state index in [4.69, 9.17) is 14.7 Å². The molecule has 4 heterocycles. The van der Waals surface area contributed by atoms with E-state index in [0.717, 1.165) is 45.1 Å². The Hall–Kier alpha value is -2.13. The van der Waals surface area contributed by atoms with Crippen molar-refractivity contribution in [2.45, 2.75) is 32.5 Å². The first-order chi connectivity index (χ1) is 13.3. The number of morpholine rings is 1. The number of anilines is 1. The smallest absolute Gasteiger partial charge is 0.163 e. The van der Waals surface area contributed by atoms with Gasteiger partial charge in [-0.3, -0.25) is 4.98 Å². The van der Waals surface area contributed by atoms with Crippen LogP contribution >= 0.6 is 11.3 Å². The molecule has 1 fully saturated rings. The maximum Gasteiger partial charge on any atom is 0.163 e. The molecule has 2 N–H and O–H groups in total. The van der Waals surface area contributed by atoms with Gasteiger partial charge in [0.2, 0.25) is 0 Å². The Bertz CT molecular complexity index is 991. The molecule has 0 amide bonds. The van der Waals surface area contributed by atoms with Crippen molar-refractivity contribution in [1.29, 1.82) is 0 Å². The van der Waals surface area contributed by atoms with Gasteiger partial charge in [0.05, 0.1) is 35.1 Å². The zero-order chi connectivity index (χ0) is 19.9. The van der Waals surface area contributed by atoms with Gasteiger partial charge in [-0.2, -0.15) is 0 Å². The lowest BCUT2D eigenvalue weighted by atomic mass is 10.1. The second-order valence-corrected chi connectivity index (χ2v) is 8.59. The molecule has 1 unspecified atom stereocenters. The lowest BCUT2D eigenvalue weighted by Crippen LogP contribution is -2.36. The number of aliphatic hydroxyl groups is 2. The first-order valence-corrected chi connectivity index (χ1v) is 10.1.